The van der Waals surface area contributed by atoms with Gasteiger partial charge in [0.25, 0.3) is 0 Å². The number of Topliss-reactive ketones (excluding diaryl/α,β-unsaturated/α-hetero) is 1. The first-order chi connectivity index (χ1) is 13.7. The molecular formula is C23H19N3O2. The lowest BCUT2D eigenvalue weighted by atomic mass is 10.0. The highest BCUT2D eigenvalue weighted by Gasteiger charge is 2.18. The van der Waals surface area contributed by atoms with Crippen LogP contribution in [-0.4, -0.2) is 27.7 Å². The van der Waals surface area contributed by atoms with Crippen LogP contribution in [0.1, 0.15) is 17.3 Å². The molecule has 0 bridgehead atoms. The molecule has 4 aromatic rings. The number of benzene rings is 3. The Morgan fingerprint density at radius 1 is 0.893 bits per heavy atom. The summed E-state index contributed by atoms with van der Waals surface area (Å²) < 4.78 is 7.01. The van der Waals surface area contributed by atoms with Gasteiger partial charge in [0.05, 0.1) is 12.8 Å². The van der Waals surface area contributed by atoms with Crippen molar-refractivity contribution in [1.29, 1.82) is 0 Å². The second-order valence-electron chi connectivity index (χ2n) is 6.34. The van der Waals surface area contributed by atoms with Crippen LogP contribution in [0.25, 0.3) is 28.5 Å². The maximum Gasteiger partial charge on any atom is 0.182 e. The lowest BCUT2D eigenvalue weighted by Gasteiger charge is -2.08. The first kappa shape index (κ1) is 17.7. The first-order valence-electron chi connectivity index (χ1n) is 8.94. The van der Waals surface area contributed by atoms with Gasteiger partial charge in [-0.1, -0.05) is 42.5 Å². The summed E-state index contributed by atoms with van der Waals surface area (Å²) in [5, 5.41) is 4.74. The fourth-order valence-corrected chi connectivity index (χ4v) is 3.08. The molecule has 28 heavy (non-hydrogen) atoms. The molecule has 0 radical (unpaired) electrons. The number of rotatable bonds is 5. The third-order valence-corrected chi connectivity index (χ3v) is 4.50. The normalized spacial score (nSPS) is 10.6. The summed E-state index contributed by atoms with van der Waals surface area (Å²) in [6.45, 7) is 1.56. The Kier molecular flexibility index (Phi) is 4.72. The van der Waals surface area contributed by atoms with Crippen LogP contribution in [0.3, 0.4) is 0 Å². The third kappa shape index (κ3) is 3.30. The molecule has 0 spiro atoms. The van der Waals surface area contributed by atoms with Crippen molar-refractivity contribution < 1.29 is 9.53 Å². The van der Waals surface area contributed by atoms with Gasteiger partial charge in [-0.2, -0.15) is 0 Å². The van der Waals surface area contributed by atoms with Gasteiger partial charge < -0.3 is 4.74 Å². The summed E-state index contributed by atoms with van der Waals surface area (Å²) in [6.07, 6.45) is 0. The SMILES string of the molecule is COc1ccc(-c2nc(-c3ccccc3C(C)=O)n(-c3ccccc3)n2)cc1. The van der Waals surface area contributed by atoms with Gasteiger partial charge in [-0.15, -0.1) is 5.10 Å². The molecule has 0 aliphatic rings. The van der Waals surface area contributed by atoms with Crippen LogP contribution in [0.4, 0.5) is 0 Å². The molecule has 0 N–H and O–H groups in total. The van der Waals surface area contributed by atoms with Crippen molar-refractivity contribution in [3.63, 3.8) is 0 Å². The van der Waals surface area contributed by atoms with Crippen molar-refractivity contribution in [1.82, 2.24) is 14.8 Å². The number of carbonyl (C=O) groups is 1. The predicted molar refractivity (Wildman–Crippen MR) is 109 cm³/mol. The number of para-hydroxylation sites is 1. The Balaban J connectivity index is 1.92. The molecule has 138 valence electrons. The van der Waals surface area contributed by atoms with Gasteiger partial charge >= 0.3 is 0 Å². The predicted octanol–water partition coefficient (Wildman–Crippen LogP) is 4.81. The van der Waals surface area contributed by atoms with Gasteiger partial charge in [0, 0.05) is 16.7 Å². The summed E-state index contributed by atoms with van der Waals surface area (Å²) in [7, 11) is 1.63. The van der Waals surface area contributed by atoms with E-state index in [2.05, 4.69) is 0 Å². The first-order valence-corrected chi connectivity index (χ1v) is 8.94. The average molecular weight is 369 g/mol. The van der Waals surface area contributed by atoms with Gasteiger partial charge in [-0.25, -0.2) is 9.67 Å². The molecule has 0 aliphatic carbocycles. The summed E-state index contributed by atoms with van der Waals surface area (Å²) in [5.74, 6) is 1.97. The second kappa shape index (κ2) is 7.48. The Labute approximate surface area is 163 Å². The fourth-order valence-electron chi connectivity index (χ4n) is 3.08. The minimum atomic E-state index is -0.00999. The van der Waals surface area contributed by atoms with E-state index >= 15 is 0 Å². The van der Waals surface area contributed by atoms with Crippen molar-refractivity contribution in [2.75, 3.05) is 7.11 Å². The molecule has 4 rings (SSSR count). The Morgan fingerprint density at radius 3 is 2.25 bits per heavy atom. The van der Waals surface area contributed by atoms with E-state index in [1.54, 1.807) is 18.7 Å². The molecule has 5 nitrogen and oxygen atoms in total. The van der Waals surface area contributed by atoms with Crippen LogP contribution in [0, 0.1) is 0 Å². The zero-order chi connectivity index (χ0) is 19.5. The van der Waals surface area contributed by atoms with E-state index in [4.69, 9.17) is 14.8 Å². The van der Waals surface area contributed by atoms with E-state index in [1.165, 1.54) is 0 Å². The molecule has 0 aliphatic heterocycles. The smallest absolute Gasteiger partial charge is 0.182 e. The molecule has 5 heteroatoms. The maximum atomic E-state index is 12.2. The van der Waals surface area contributed by atoms with Crippen molar-refractivity contribution >= 4 is 5.78 Å². The molecule has 0 saturated carbocycles. The summed E-state index contributed by atoms with van der Waals surface area (Å²) in [4.78, 5) is 16.9. The van der Waals surface area contributed by atoms with Crippen molar-refractivity contribution in [2.45, 2.75) is 6.92 Å². The molecule has 1 heterocycles. The highest BCUT2D eigenvalue weighted by molar-refractivity contribution is 6.00. The summed E-state index contributed by atoms with van der Waals surface area (Å²) in [5.41, 5.74) is 3.12. The Morgan fingerprint density at radius 2 is 1.57 bits per heavy atom. The molecule has 3 aromatic carbocycles. The largest absolute Gasteiger partial charge is 0.497 e. The van der Waals surface area contributed by atoms with Crippen LogP contribution >= 0.6 is 0 Å². The number of ketones is 1. The molecule has 0 amide bonds. The van der Waals surface area contributed by atoms with Gasteiger partial charge in [0.2, 0.25) is 0 Å². The number of nitrogens with zero attached hydrogens (tertiary/aromatic N) is 3. The number of ether oxygens (including phenoxy) is 1. The van der Waals surface area contributed by atoms with Crippen LogP contribution in [-0.2, 0) is 0 Å². The summed E-state index contributed by atoms with van der Waals surface area (Å²) in [6, 6.07) is 24.8. The van der Waals surface area contributed by atoms with Gasteiger partial charge in [0.1, 0.15) is 5.75 Å². The maximum absolute atomic E-state index is 12.2. The van der Waals surface area contributed by atoms with E-state index in [-0.39, 0.29) is 5.78 Å². The Bertz CT molecular complexity index is 1120. The van der Waals surface area contributed by atoms with Gasteiger partial charge in [-0.05, 0) is 43.3 Å². The number of carbonyl (C=O) groups excluding carboxylic acids is 1. The second-order valence-corrected chi connectivity index (χ2v) is 6.34. The van der Waals surface area contributed by atoms with E-state index in [9.17, 15) is 4.79 Å². The molecule has 1 aromatic heterocycles. The standard InChI is InChI=1S/C23H19N3O2/c1-16(27)20-10-6-7-11-21(20)23-24-22(17-12-14-19(28-2)15-13-17)25-26(23)18-8-4-3-5-9-18/h3-15H,1-2H3. The fraction of sp³-hybridized carbons (Fsp3) is 0.0870. The average Bonchev–Trinajstić information content (AvgIpc) is 3.20. The molecule has 0 fully saturated rings. The molecule has 0 saturated heterocycles. The molecular weight excluding hydrogens is 350 g/mol. The number of hydrogen-bond donors (Lipinski definition) is 0. The minimum Gasteiger partial charge on any atom is -0.497 e. The van der Waals surface area contributed by atoms with E-state index in [1.807, 2.05) is 78.9 Å². The van der Waals surface area contributed by atoms with E-state index < -0.39 is 0 Å². The van der Waals surface area contributed by atoms with Gasteiger partial charge in [0.15, 0.2) is 17.4 Å². The highest BCUT2D eigenvalue weighted by Crippen LogP contribution is 2.28. The van der Waals surface area contributed by atoms with Crippen LogP contribution in [0.15, 0.2) is 78.9 Å². The van der Waals surface area contributed by atoms with Crippen molar-refractivity contribution in [2.24, 2.45) is 0 Å². The van der Waals surface area contributed by atoms with E-state index in [0.29, 0.717) is 17.2 Å². The number of methoxy groups -OCH3 is 1. The van der Waals surface area contributed by atoms with Crippen LogP contribution < -0.4 is 4.74 Å². The van der Waals surface area contributed by atoms with Crippen LogP contribution in [0.5, 0.6) is 5.75 Å². The van der Waals surface area contributed by atoms with E-state index in [0.717, 1.165) is 22.6 Å². The highest BCUT2D eigenvalue weighted by atomic mass is 16.5. The van der Waals surface area contributed by atoms with Crippen molar-refractivity contribution in [3.8, 4) is 34.2 Å². The monoisotopic (exact) mass is 369 g/mol. The van der Waals surface area contributed by atoms with Crippen LogP contribution in [0.2, 0.25) is 0 Å². The number of aromatic nitrogens is 3. The summed E-state index contributed by atoms with van der Waals surface area (Å²) >= 11 is 0. The molecule has 0 atom stereocenters. The zero-order valence-electron chi connectivity index (χ0n) is 15.7. The number of hydrogen-bond acceptors (Lipinski definition) is 4. The lowest BCUT2D eigenvalue weighted by molar-refractivity contribution is 0.101. The zero-order valence-corrected chi connectivity index (χ0v) is 15.7. The Hall–Kier alpha value is -3.73. The topological polar surface area (TPSA) is 57.0 Å². The third-order valence-electron chi connectivity index (χ3n) is 4.50. The van der Waals surface area contributed by atoms with Crippen molar-refractivity contribution in [3.05, 3.63) is 84.4 Å². The lowest BCUT2D eigenvalue weighted by Crippen LogP contribution is -2.03. The quantitative estimate of drug-likeness (QED) is 0.474. The van der Waals surface area contributed by atoms with Gasteiger partial charge in [-0.3, -0.25) is 4.79 Å². The molecule has 0 unspecified atom stereocenters. The minimum absolute atomic E-state index is 0.00999.